The summed E-state index contributed by atoms with van der Waals surface area (Å²) in [6.07, 6.45) is 0. The molecule has 1 aromatic carbocycles. The van der Waals surface area contributed by atoms with E-state index < -0.39 is 12.0 Å². The Kier molecular flexibility index (Phi) is 4.34. The number of hydrogen-bond acceptors (Lipinski definition) is 3. The van der Waals surface area contributed by atoms with Crippen molar-refractivity contribution < 1.29 is 9.90 Å². The first-order chi connectivity index (χ1) is 7.00. The second-order valence-electron chi connectivity index (χ2n) is 3.29. The summed E-state index contributed by atoms with van der Waals surface area (Å²) in [7, 11) is 0. The number of carbonyl (C=O) groups is 1. The lowest BCUT2D eigenvalue weighted by Crippen LogP contribution is -2.36. The predicted molar refractivity (Wildman–Crippen MR) is 68.0 cm³/mol. The minimum absolute atomic E-state index is 0.231. The van der Waals surface area contributed by atoms with Crippen molar-refractivity contribution in [1.29, 1.82) is 0 Å². The molecule has 0 aliphatic heterocycles. The molecule has 4 nitrogen and oxygen atoms in total. The van der Waals surface area contributed by atoms with E-state index in [1.807, 2.05) is 25.1 Å². The molecule has 0 bridgehead atoms. The van der Waals surface area contributed by atoms with Gasteiger partial charge < -0.3 is 16.2 Å². The van der Waals surface area contributed by atoms with Crippen LogP contribution in [-0.4, -0.2) is 23.7 Å². The summed E-state index contributed by atoms with van der Waals surface area (Å²) in [5, 5.41) is 11.6. The van der Waals surface area contributed by atoms with Crippen molar-refractivity contribution in [3.63, 3.8) is 0 Å². The number of anilines is 1. The number of carboxylic acids is 1. The fourth-order valence-electron chi connectivity index (χ4n) is 1.02. The molecule has 0 fully saturated rings. The third kappa shape index (κ3) is 3.67. The number of carboxylic acid groups (broad SMARTS) is 1. The third-order valence-electron chi connectivity index (χ3n) is 2.02. The normalized spacial score (nSPS) is 12.2. The zero-order chi connectivity index (χ0) is 11.4. The second-order valence-corrected chi connectivity index (χ2v) is 4.45. The molecule has 5 heteroatoms. The Hall–Kier alpha value is -0.820. The van der Waals surface area contributed by atoms with Gasteiger partial charge in [-0.25, -0.2) is 0 Å². The molecule has 15 heavy (non-hydrogen) atoms. The van der Waals surface area contributed by atoms with Gasteiger partial charge in [-0.1, -0.05) is 6.07 Å². The zero-order valence-electron chi connectivity index (χ0n) is 8.33. The minimum atomic E-state index is -0.996. The van der Waals surface area contributed by atoms with E-state index in [1.54, 1.807) is 0 Å². The quantitative estimate of drug-likeness (QED) is 0.734. The Bertz CT molecular complexity index is 368. The molecule has 1 atom stereocenters. The van der Waals surface area contributed by atoms with E-state index in [1.165, 1.54) is 5.56 Å². The third-order valence-corrected chi connectivity index (χ3v) is 3.18. The van der Waals surface area contributed by atoms with Gasteiger partial charge in [-0.05, 0) is 47.2 Å². The van der Waals surface area contributed by atoms with Crippen LogP contribution < -0.4 is 11.1 Å². The zero-order valence-corrected chi connectivity index (χ0v) is 10.5. The van der Waals surface area contributed by atoms with Gasteiger partial charge >= 0.3 is 5.97 Å². The van der Waals surface area contributed by atoms with Gasteiger partial charge in [0.15, 0.2) is 0 Å². The molecular formula is C10H13IN2O2. The molecule has 0 amide bonds. The van der Waals surface area contributed by atoms with Crippen LogP contribution in [0.1, 0.15) is 5.56 Å². The van der Waals surface area contributed by atoms with Crippen LogP contribution in [0.2, 0.25) is 0 Å². The van der Waals surface area contributed by atoms with Crippen LogP contribution in [-0.2, 0) is 4.79 Å². The summed E-state index contributed by atoms with van der Waals surface area (Å²) < 4.78 is 1.14. The standard InChI is InChI=1S/C10H13IN2O2/c1-6-2-3-7(4-8(6)11)13-5-9(12)10(14)15/h2-4,9,13H,5,12H2,1H3,(H,14,15). The number of halogens is 1. The number of rotatable bonds is 4. The van der Waals surface area contributed by atoms with E-state index >= 15 is 0 Å². The molecular weight excluding hydrogens is 307 g/mol. The molecule has 1 aromatic rings. The van der Waals surface area contributed by atoms with Gasteiger partial charge in [0.2, 0.25) is 0 Å². The number of nitrogens with two attached hydrogens (primary N) is 1. The maximum absolute atomic E-state index is 10.5. The summed E-state index contributed by atoms with van der Waals surface area (Å²) >= 11 is 2.23. The molecule has 0 aliphatic carbocycles. The molecule has 0 aromatic heterocycles. The number of aryl methyl sites for hydroxylation is 1. The molecule has 0 heterocycles. The maximum atomic E-state index is 10.5. The SMILES string of the molecule is Cc1ccc(NCC(N)C(=O)O)cc1I. The van der Waals surface area contributed by atoms with Crippen LogP contribution in [0.25, 0.3) is 0 Å². The lowest BCUT2D eigenvalue weighted by Gasteiger charge is -2.10. The highest BCUT2D eigenvalue weighted by atomic mass is 127. The number of benzene rings is 1. The predicted octanol–water partition coefficient (Wildman–Crippen LogP) is 1.42. The highest BCUT2D eigenvalue weighted by Gasteiger charge is 2.10. The van der Waals surface area contributed by atoms with Crippen molar-refractivity contribution in [1.82, 2.24) is 0 Å². The van der Waals surface area contributed by atoms with Crippen molar-refractivity contribution in [3.05, 3.63) is 27.3 Å². The van der Waals surface area contributed by atoms with Crippen LogP contribution in [0.3, 0.4) is 0 Å². The van der Waals surface area contributed by atoms with Gasteiger partial charge in [0.1, 0.15) is 6.04 Å². The summed E-state index contributed by atoms with van der Waals surface area (Å²) in [5.41, 5.74) is 7.46. The highest BCUT2D eigenvalue weighted by Crippen LogP contribution is 2.16. The summed E-state index contributed by atoms with van der Waals surface area (Å²) in [6, 6.07) is 4.98. The fraction of sp³-hybridized carbons (Fsp3) is 0.300. The van der Waals surface area contributed by atoms with E-state index in [2.05, 4.69) is 27.9 Å². The molecule has 0 spiro atoms. The van der Waals surface area contributed by atoms with Gasteiger partial charge in [0.05, 0.1) is 0 Å². The van der Waals surface area contributed by atoms with E-state index in [4.69, 9.17) is 10.8 Å². The largest absolute Gasteiger partial charge is 0.480 e. The first-order valence-electron chi connectivity index (χ1n) is 4.49. The summed E-state index contributed by atoms with van der Waals surface area (Å²) in [6.45, 7) is 2.25. The smallest absolute Gasteiger partial charge is 0.322 e. The minimum Gasteiger partial charge on any atom is -0.480 e. The molecule has 0 radical (unpaired) electrons. The van der Waals surface area contributed by atoms with Gasteiger partial charge in [0, 0.05) is 15.8 Å². The number of hydrogen-bond donors (Lipinski definition) is 3. The lowest BCUT2D eigenvalue weighted by molar-refractivity contribution is -0.138. The summed E-state index contributed by atoms with van der Waals surface area (Å²) in [5.74, 6) is -0.996. The monoisotopic (exact) mass is 320 g/mol. The van der Waals surface area contributed by atoms with Gasteiger partial charge in [0.25, 0.3) is 0 Å². The van der Waals surface area contributed by atoms with Crippen molar-refractivity contribution in [2.24, 2.45) is 5.73 Å². The van der Waals surface area contributed by atoms with E-state index in [9.17, 15) is 4.79 Å². The van der Waals surface area contributed by atoms with Gasteiger partial charge in [-0.15, -0.1) is 0 Å². The van der Waals surface area contributed by atoms with Crippen molar-refractivity contribution in [2.45, 2.75) is 13.0 Å². The Labute approximate surface area is 102 Å². The molecule has 0 saturated heterocycles. The van der Waals surface area contributed by atoms with E-state index in [0.29, 0.717) is 0 Å². The van der Waals surface area contributed by atoms with Crippen LogP contribution in [0.4, 0.5) is 5.69 Å². The topological polar surface area (TPSA) is 75.3 Å². The second kappa shape index (κ2) is 5.32. The van der Waals surface area contributed by atoms with Crippen LogP contribution >= 0.6 is 22.6 Å². The Balaban J connectivity index is 2.58. The Morgan fingerprint density at radius 2 is 2.33 bits per heavy atom. The van der Waals surface area contributed by atoms with Crippen molar-refractivity contribution in [2.75, 3.05) is 11.9 Å². The van der Waals surface area contributed by atoms with E-state index in [-0.39, 0.29) is 6.54 Å². The summed E-state index contributed by atoms with van der Waals surface area (Å²) in [4.78, 5) is 10.5. The first kappa shape index (κ1) is 12.3. The van der Waals surface area contributed by atoms with Crippen molar-refractivity contribution >= 4 is 34.2 Å². The van der Waals surface area contributed by atoms with Gasteiger partial charge in [-0.2, -0.15) is 0 Å². The van der Waals surface area contributed by atoms with Crippen LogP contribution in [0, 0.1) is 10.5 Å². The Morgan fingerprint density at radius 3 is 2.87 bits per heavy atom. The molecule has 1 unspecified atom stereocenters. The van der Waals surface area contributed by atoms with Crippen molar-refractivity contribution in [3.8, 4) is 0 Å². The fourth-order valence-corrected chi connectivity index (χ4v) is 1.53. The highest BCUT2D eigenvalue weighted by molar-refractivity contribution is 14.1. The first-order valence-corrected chi connectivity index (χ1v) is 5.57. The van der Waals surface area contributed by atoms with Crippen LogP contribution in [0.5, 0.6) is 0 Å². The average molecular weight is 320 g/mol. The lowest BCUT2D eigenvalue weighted by atomic mass is 10.2. The molecule has 82 valence electrons. The number of nitrogens with one attached hydrogen (secondary N) is 1. The van der Waals surface area contributed by atoms with Crippen LogP contribution in [0.15, 0.2) is 18.2 Å². The average Bonchev–Trinajstić information content (AvgIpc) is 2.19. The number of aliphatic carboxylic acids is 1. The Morgan fingerprint density at radius 1 is 1.67 bits per heavy atom. The van der Waals surface area contributed by atoms with E-state index in [0.717, 1.165) is 9.26 Å². The molecule has 4 N–H and O–H groups in total. The maximum Gasteiger partial charge on any atom is 0.322 e. The molecule has 1 rings (SSSR count). The molecule has 0 saturated carbocycles. The van der Waals surface area contributed by atoms with Gasteiger partial charge in [-0.3, -0.25) is 4.79 Å². The molecule has 0 aliphatic rings.